The van der Waals surface area contributed by atoms with E-state index in [1.54, 1.807) is 0 Å². The Bertz CT molecular complexity index is 856. The number of nitrogens with zero attached hydrogens (tertiary/aromatic N) is 1. The lowest BCUT2D eigenvalue weighted by Gasteiger charge is -2.15. The summed E-state index contributed by atoms with van der Waals surface area (Å²) in [5.74, 6) is 1.48. The monoisotopic (exact) mass is 360 g/mol. The lowest BCUT2D eigenvalue weighted by Crippen LogP contribution is -2.28. The number of hydrogen-bond acceptors (Lipinski definition) is 4. The second-order valence-electron chi connectivity index (χ2n) is 5.54. The molecule has 1 aromatic carbocycles. The number of nitrogens with one attached hydrogen (secondary N) is 1. The summed E-state index contributed by atoms with van der Waals surface area (Å²) >= 11 is 7.63. The molecule has 124 valence electrons. The Morgan fingerprint density at radius 2 is 2.12 bits per heavy atom. The number of aryl methyl sites for hydroxylation is 1. The minimum absolute atomic E-state index is 0.0881. The number of thiazole rings is 1. The summed E-state index contributed by atoms with van der Waals surface area (Å²) in [7, 11) is 0. The molecule has 0 spiro atoms. The number of amides is 1. The highest BCUT2D eigenvalue weighted by atomic mass is 35.5. The van der Waals surface area contributed by atoms with Gasteiger partial charge in [0.2, 0.25) is 5.91 Å². The molecule has 3 rings (SSSR count). The minimum Gasteiger partial charge on any atom is -0.459 e. The minimum atomic E-state index is -0.156. The van der Waals surface area contributed by atoms with E-state index in [-0.39, 0.29) is 18.4 Å². The summed E-state index contributed by atoms with van der Waals surface area (Å²) in [6.07, 6.45) is 0.227. The SMILES string of the molecule is Cc1ccc(-c2nc(CC(=O)NC(C)c3ccccc3Cl)cs2)o1. The molecule has 0 saturated carbocycles. The zero-order valence-corrected chi connectivity index (χ0v) is 14.9. The van der Waals surface area contributed by atoms with Gasteiger partial charge in [0.05, 0.1) is 18.2 Å². The van der Waals surface area contributed by atoms with Crippen LogP contribution in [0.3, 0.4) is 0 Å². The van der Waals surface area contributed by atoms with Crippen LogP contribution in [0.1, 0.15) is 30.0 Å². The largest absolute Gasteiger partial charge is 0.459 e. The first-order valence-electron chi connectivity index (χ1n) is 7.58. The van der Waals surface area contributed by atoms with E-state index in [0.29, 0.717) is 5.02 Å². The van der Waals surface area contributed by atoms with Crippen molar-refractivity contribution in [3.63, 3.8) is 0 Å². The van der Waals surface area contributed by atoms with Gasteiger partial charge in [-0.15, -0.1) is 11.3 Å². The van der Waals surface area contributed by atoms with E-state index < -0.39 is 0 Å². The molecule has 2 aromatic heterocycles. The van der Waals surface area contributed by atoms with Crippen LogP contribution in [-0.4, -0.2) is 10.9 Å². The molecule has 0 bridgehead atoms. The van der Waals surface area contributed by atoms with Gasteiger partial charge in [-0.25, -0.2) is 4.98 Å². The average molecular weight is 361 g/mol. The standard InChI is InChI=1S/C18H17ClN2O2S/c1-11-7-8-16(23-11)18-21-13(10-24-18)9-17(22)20-12(2)14-5-3-4-6-15(14)19/h3-8,10,12H,9H2,1-2H3,(H,20,22). The van der Waals surface area contributed by atoms with Crippen LogP contribution < -0.4 is 5.32 Å². The first kappa shape index (κ1) is 16.7. The molecule has 0 aliphatic carbocycles. The van der Waals surface area contributed by atoms with E-state index in [0.717, 1.165) is 27.8 Å². The number of hydrogen-bond donors (Lipinski definition) is 1. The molecule has 24 heavy (non-hydrogen) atoms. The zero-order valence-electron chi connectivity index (χ0n) is 13.4. The lowest BCUT2D eigenvalue weighted by molar-refractivity contribution is -0.121. The fraction of sp³-hybridized carbons (Fsp3) is 0.222. The highest BCUT2D eigenvalue weighted by Crippen LogP contribution is 2.26. The molecule has 0 aliphatic heterocycles. The molecule has 0 aliphatic rings. The van der Waals surface area contributed by atoms with Crippen molar-refractivity contribution < 1.29 is 9.21 Å². The number of furan rings is 1. The van der Waals surface area contributed by atoms with Crippen molar-refractivity contribution in [2.75, 3.05) is 0 Å². The Hall–Kier alpha value is -2.11. The number of rotatable bonds is 5. The normalized spacial score (nSPS) is 12.1. The number of carbonyl (C=O) groups is 1. The predicted octanol–water partition coefficient (Wildman–Crippen LogP) is 4.78. The first-order chi connectivity index (χ1) is 11.5. The van der Waals surface area contributed by atoms with E-state index in [4.69, 9.17) is 16.0 Å². The van der Waals surface area contributed by atoms with Gasteiger partial charge in [0.15, 0.2) is 10.8 Å². The van der Waals surface area contributed by atoms with Gasteiger partial charge in [0, 0.05) is 10.4 Å². The molecule has 4 nitrogen and oxygen atoms in total. The molecular weight excluding hydrogens is 344 g/mol. The van der Waals surface area contributed by atoms with Gasteiger partial charge in [-0.3, -0.25) is 4.79 Å². The van der Waals surface area contributed by atoms with Gasteiger partial charge in [-0.2, -0.15) is 0 Å². The maximum absolute atomic E-state index is 12.2. The summed E-state index contributed by atoms with van der Waals surface area (Å²) < 4.78 is 5.56. The number of halogens is 1. The number of carbonyl (C=O) groups excluding carboxylic acids is 1. The van der Waals surface area contributed by atoms with Gasteiger partial charge in [0.1, 0.15) is 5.76 Å². The van der Waals surface area contributed by atoms with E-state index >= 15 is 0 Å². The summed E-state index contributed by atoms with van der Waals surface area (Å²) in [5, 5.41) is 6.27. The van der Waals surface area contributed by atoms with Crippen molar-refractivity contribution in [3.05, 3.63) is 63.8 Å². The molecule has 1 atom stereocenters. The van der Waals surface area contributed by atoms with E-state index in [2.05, 4.69) is 10.3 Å². The van der Waals surface area contributed by atoms with E-state index in [9.17, 15) is 4.79 Å². The Morgan fingerprint density at radius 1 is 1.33 bits per heavy atom. The smallest absolute Gasteiger partial charge is 0.226 e. The molecule has 0 radical (unpaired) electrons. The van der Waals surface area contributed by atoms with Crippen LogP contribution in [0.25, 0.3) is 10.8 Å². The third-order valence-electron chi connectivity index (χ3n) is 3.59. The van der Waals surface area contributed by atoms with Crippen LogP contribution in [0.5, 0.6) is 0 Å². The summed E-state index contributed by atoms with van der Waals surface area (Å²) in [6.45, 7) is 3.80. The third kappa shape index (κ3) is 3.86. The Morgan fingerprint density at radius 3 is 2.83 bits per heavy atom. The molecule has 1 amide bonds. The summed E-state index contributed by atoms with van der Waals surface area (Å²) in [6, 6.07) is 11.1. The molecule has 6 heteroatoms. The van der Waals surface area contributed by atoms with Crippen LogP contribution in [-0.2, 0) is 11.2 Å². The topological polar surface area (TPSA) is 55.1 Å². The highest BCUT2D eigenvalue weighted by Gasteiger charge is 2.15. The molecule has 2 heterocycles. The van der Waals surface area contributed by atoms with Gasteiger partial charge in [0.25, 0.3) is 0 Å². The molecule has 3 aromatic rings. The van der Waals surface area contributed by atoms with E-state index in [1.165, 1.54) is 11.3 Å². The fourth-order valence-corrected chi connectivity index (χ4v) is 3.49. The Balaban J connectivity index is 1.63. The molecule has 1 N–H and O–H groups in total. The molecular formula is C18H17ClN2O2S. The van der Waals surface area contributed by atoms with Crippen LogP contribution in [0.2, 0.25) is 5.02 Å². The second kappa shape index (κ2) is 7.20. The molecule has 0 fully saturated rings. The van der Waals surface area contributed by atoms with Crippen molar-refractivity contribution in [2.24, 2.45) is 0 Å². The maximum atomic E-state index is 12.2. The van der Waals surface area contributed by atoms with Crippen molar-refractivity contribution in [1.29, 1.82) is 0 Å². The average Bonchev–Trinajstić information content (AvgIpc) is 3.16. The fourth-order valence-electron chi connectivity index (χ4n) is 2.41. The maximum Gasteiger partial charge on any atom is 0.226 e. The summed E-state index contributed by atoms with van der Waals surface area (Å²) in [4.78, 5) is 16.7. The van der Waals surface area contributed by atoms with Crippen molar-refractivity contribution in [3.8, 4) is 10.8 Å². The van der Waals surface area contributed by atoms with Crippen LogP contribution in [0.4, 0.5) is 0 Å². The van der Waals surface area contributed by atoms with Crippen LogP contribution >= 0.6 is 22.9 Å². The Kier molecular flexibility index (Phi) is 5.02. The van der Waals surface area contributed by atoms with Crippen molar-refractivity contribution in [2.45, 2.75) is 26.3 Å². The van der Waals surface area contributed by atoms with E-state index in [1.807, 2.05) is 55.6 Å². The number of benzene rings is 1. The van der Waals surface area contributed by atoms with Crippen LogP contribution in [0, 0.1) is 6.92 Å². The molecule has 1 unspecified atom stereocenters. The summed E-state index contributed by atoms with van der Waals surface area (Å²) in [5.41, 5.74) is 1.63. The molecule has 0 saturated heterocycles. The lowest BCUT2D eigenvalue weighted by atomic mass is 10.1. The number of aromatic nitrogens is 1. The van der Waals surface area contributed by atoms with Gasteiger partial charge in [-0.05, 0) is 37.6 Å². The third-order valence-corrected chi connectivity index (χ3v) is 4.84. The van der Waals surface area contributed by atoms with Crippen molar-refractivity contribution >= 4 is 28.8 Å². The second-order valence-corrected chi connectivity index (χ2v) is 6.81. The highest BCUT2D eigenvalue weighted by molar-refractivity contribution is 7.13. The van der Waals surface area contributed by atoms with Crippen LogP contribution in [0.15, 0.2) is 46.2 Å². The van der Waals surface area contributed by atoms with Gasteiger partial charge in [-0.1, -0.05) is 29.8 Å². The van der Waals surface area contributed by atoms with Gasteiger partial charge >= 0.3 is 0 Å². The first-order valence-corrected chi connectivity index (χ1v) is 8.83. The Labute approximate surface area is 149 Å². The quantitative estimate of drug-likeness (QED) is 0.712. The zero-order chi connectivity index (χ0) is 17.1. The van der Waals surface area contributed by atoms with Gasteiger partial charge < -0.3 is 9.73 Å². The van der Waals surface area contributed by atoms with Crippen molar-refractivity contribution in [1.82, 2.24) is 10.3 Å². The predicted molar refractivity (Wildman–Crippen MR) is 96.3 cm³/mol.